The molecule has 2 nitrogen and oxygen atoms in total. The van der Waals surface area contributed by atoms with E-state index >= 15 is 0 Å². The molecule has 0 radical (unpaired) electrons. The molecule has 0 saturated heterocycles. The molecule has 38 valence electrons. The standard InChI is InChI=1S/C5H8N2/c1-4-7-5(2)6-3/h4H,2-3H2,1H3/b7-4-. The fraction of sp³-hybridized carbons (Fsp3) is 0.200. The quantitative estimate of drug-likeness (QED) is 0.462. The SMILES string of the molecule is C=NC(=C)/N=C\C. The van der Waals surface area contributed by atoms with Crippen LogP contribution in [0.4, 0.5) is 0 Å². The maximum atomic E-state index is 3.69. The maximum Gasteiger partial charge on any atom is 0.143 e. The van der Waals surface area contributed by atoms with Gasteiger partial charge in [0.2, 0.25) is 0 Å². The van der Waals surface area contributed by atoms with Crippen LogP contribution in [0.25, 0.3) is 0 Å². The van der Waals surface area contributed by atoms with Crippen LogP contribution in [0.1, 0.15) is 6.92 Å². The summed E-state index contributed by atoms with van der Waals surface area (Å²) in [4.78, 5) is 7.13. The smallest absolute Gasteiger partial charge is 0.143 e. The summed E-state index contributed by atoms with van der Waals surface area (Å²) >= 11 is 0. The molecule has 0 aliphatic heterocycles. The molecular formula is C5H8N2. The van der Waals surface area contributed by atoms with E-state index in [9.17, 15) is 0 Å². The lowest BCUT2D eigenvalue weighted by Crippen LogP contribution is -1.64. The Morgan fingerprint density at radius 3 is 2.43 bits per heavy atom. The Hall–Kier alpha value is -0.920. The predicted molar refractivity (Wildman–Crippen MR) is 32.9 cm³/mol. The Kier molecular flexibility index (Phi) is 2.85. The van der Waals surface area contributed by atoms with Crippen LogP contribution in [-0.2, 0) is 0 Å². The molecule has 0 bridgehead atoms. The Balaban J connectivity index is 3.58. The fourth-order valence-electron chi connectivity index (χ4n) is 0.190. The molecule has 7 heavy (non-hydrogen) atoms. The van der Waals surface area contributed by atoms with Gasteiger partial charge in [-0.25, -0.2) is 9.98 Å². The average Bonchev–Trinajstić information content (AvgIpc) is 1.68. The second-order valence-corrected chi connectivity index (χ2v) is 0.962. The number of hydrogen-bond acceptors (Lipinski definition) is 2. The molecule has 0 N–H and O–H groups in total. The Bertz CT molecular complexity index is 103. The first-order valence-electron chi connectivity index (χ1n) is 1.95. The van der Waals surface area contributed by atoms with Gasteiger partial charge >= 0.3 is 0 Å². The van der Waals surface area contributed by atoms with Crippen molar-refractivity contribution < 1.29 is 0 Å². The second-order valence-electron chi connectivity index (χ2n) is 0.962. The minimum absolute atomic E-state index is 0.461. The lowest BCUT2D eigenvalue weighted by molar-refractivity contribution is 1.28. The van der Waals surface area contributed by atoms with Gasteiger partial charge in [0.15, 0.2) is 0 Å². The van der Waals surface area contributed by atoms with Crippen LogP contribution in [0, 0.1) is 0 Å². The van der Waals surface area contributed by atoms with Gasteiger partial charge in [-0.1, -0.05) is 6.58 Å². The van der Waals surface area contributed by atoms with E-state index in [1.807, 2.05) is 0 Å². The Morgan fingerprint density at radius 1 is 1.71 bits per heavy atom. The summed E-state index contributed by atoms with van der Waals surface area (Å²) in [5.74, 6) is 0.461. The molecule has 0 aromatic heterocycles. The van der Waals surface area contributed by atoms with Gasteiger partial charge in [0.25, 0.3) is 0 Å². The summed E-state index contributed by atoms with van der Waals surface area (Å²) in [5, 5.41) is 0. The lowest BCUT2D eigenvalue weighted by Gasteiger charge is -1.80. The van der Waals surface area contributed by atoms with Crippen molar-refractivity contribution in [3.63, 3.8) is 0 Å². The van der Waals surface area contributed by atoms with Crippen molar-refractivity contribution in [3.8, 4) is 0 Å². The van der Waals surface area contributed by atoms with Gasteiger partial charge in [-0.2, -0.15) is 0 Å². The third-order valence-corrected chi connectivity index (χ3v) is 0.461. The monoisotopic (exact) mass is 96.1 g/mol. The largest absolute Gasteiger partial charge is 0.246 e. The molecule has 0 fully saturated rings. The summed E-state index contributed by atoms with van der Waals surface area (Å²) in [6.07, 6.45) is 1.62. The van der Waals surface area contributed by atoms with Crippen LogP contribution in [0.2, 0.25) is 0 Å². The molecule has 0 aliphatic carbocycles. The molecule has 0 saturated carbocycles. The first kappa shape index (κ1) is 6.08. The zero-order valence-electron chi connectivity index (χ0n) is 4.39. The van der Waals surface area contributed by atoms with Crippen LogP contribution in [0.3, 0.4) is 0 Å². The van der Waals surface area contributed by atoms with E-state index in [1.165, 1.54) is 0 Å². The van der Waals surface area contributed by atoms with Crippen LogP contribution in [0.5, 0.6) is 0 Å². The zero-order valence-corrected chi connectivity index (χ0v) is 4.39. The summed E-state index contributed by atoms with van der Waals surface area (Å²) in [7, 11) is 0. The molecule has 0 rings (SSSR count). The van der Waals surface area contributed by atoms with Crippen molar-refractivity contribution >= 4 is 12.9 Å². The van der Waals surface area contributed by atoms with Crippen molar-refractivity contribution in [1.82, 2.24) is 0 Å². The van der Waals surface area contributed by atoms with Gasteiger partial charge in [-0.3, -0.25) is 0 Å². The lowest BCUT2D eigenvalue weighted by atomic mass is 10.8. The second kappa shape index (κ2) is 3.28. The van der Waals surface area contributed by atoms with E-state index in [-0.39, 0.29) is 0 Å². The molecule has 0 atom stereocenters. The van der Waals surface area contributed by atoms with E-state index in [2.05, 4.69) is 23.3 Å². The highest BCUT2D eigenvalue weighted by Crippen LogP contribution is 1.87. The zero-order chi connectivity index (χ0) is 5.70. The van der Waals surface area contributed by atoms with Gasteiger partial charge in [-0.05, 0) is 13.6 Å². The highest BCUT2D eigenvalue weighted by atomic mass is 14.9. The predicted octanol–water partition coefficient (Wildman–Crippen LogP) is 1.25. The molecule has 0 spiro atoms. The number of nitrogens with zero attached hydrogens (tertiary/aromatic N) is 2. The molecule has 0 aliphatic rings. The van der Waals surface area contributed by atoms with Crippen molar-refractivity contribution in [2.45, 2.75) is 6.92 Å². The summed E-state index contributed by atoms with van der Waals surface area (Å²) in [6, 6.07) is 0. The van der Waals surface area contributed by atoms with E-state index in [1.54, 1.807) is 13.1 Å². The fourth-order valence-corrected chi connectivity index (χ4v) is 0.190. The number of hydrogen-bond donors (Lipinski definition) is 0. The van der Waals surface area contributed by atoms with E-state index in [0.29, 0.717) is 5.82 Å². The van der Waals surface area contributed by atoms with Crippen LogP contribution in [-0.4, -0.2) is 12.9 Å². The Morgan fingerprint density at radius 2 is 2.29 bits per heavy atom. The highest BCUT2D eigenvalue weighted by Gasteiger charge is 1.70. The molecule has 0 unspecified atom stereocenters. The van der Waals surface area contributed by atoms with E-state index < -0.39 is 0 Å². The number of rotatable bonds is 2. The first-order chi connectivity index (χ1) is 3.31. The third-order valence-electron chi connectivity index (χ3n) is 0.461. The molecule has 0 amide bonds. The maximum absolute atomic E-state index is 3.69. The van der Waals surface area contributed by atoms with Crippen molar-refractivity contribution in [2.75, 3.05) is 0 Å². The Labute approximate surface area is 43.3 Å². The van der Waals surface area contributed by atoms with Gasteiger partial charge < -0.3 is 0 Å². The van der Waals surface area contributed by atoms with Gasteiger partial charge in [0.1, 0.15) is 5.82 Å². The van der Waals surface area contributed by atoms with Crippen LogP contribution < -0.4 is 0 Å². The average molecular weight is 96.1 g/mol. The van der Waals surface area contributed by atoms with Gasteiger partial charge in [0, 0.05) is 6.21 Å². The minimum atomic E-state index is 0.461. The van der Waals surface area contributed by atoms with E-state index in [0.717, 1.165) is 0 Å². The summed E-state index contributed by atoms with van der Waals surface area (Å²) in [6.45, 7) is 8.45. The molecule has 0 heterocycles. The van der Waals surface area contributed by atoms with Crippen molar-refractivity contribution in [2.24, 2.45) is 9.98 Å². The highest BCUT2D eigenvalue weighted by molar-refractivity contribution is 5.55. The molecule has 0 aromatic carbocycles. The van der Waals surface area contributed by atoms with Crippen molar-refractivity contribution in [1.29, 1.82) is 0 Å². The topological polar surface area (TPSA) is 24.7 Å². The molecular weight excluding hydrogens is 88.1 g/mol. The molecule has 0 aromatic rings. The first-order valence-corrected chi connectivity index (χ1v) is 1.95. The van der Waals surface area contributed by atoms with Crippen molar-refractivity contribution in [3.05, 3.63) is 12.4 Å². The normalized spacial score (nSPS) is 9.29. The number of aliphatic imine (C=N–C) groups is 2. The minimum Gasteiger partial charge on any atom is -0.246 e. The van der Waals surface area contributed by atoms with E-state index in [4.69, 9.17) is 0 Å². The van der Waals surface area contributed by atoms with Crippen LogP contribution >= 0.6 is 0 Å². The third kappa shape index (κ3) is 2.89. The summed E-state index contributed by atoms with van der Waals surface area (Å²) in [5.41, 5.74) is 0. The van der Waals surface area contributed by atoms with Crippen LogP contribution in [0.15, 0.2) is 22.4 Å². The van der Waals surface area contributed by atoms with Gasteiger partial charge in [-0.15, -0.1) is 0 Å². The summed E-state index contributed by atoms with van der Waals surface area (Å²) < 4.78 is 0. The molecule has 2 heteroatoms. The van der Waals surface area contributed by atoms with Gasteiger partial charge in [0.05, 0.1) is 0 Å².